The second kappa shape index (κ2) is 7.66. The summed E-state index contributed by atoms with van der Waals surface area (Å²) in [5.41, 5.74) is 4.65. The van der Waals surface area contributed by atoms with Gasteiger partial charge in [-0.05, 0) is 80.2 Å². The van der Waals surface area contributed by atoms with Gasteiger partial charge in [0, 0.05) is 0 Å². The highest BCUT2D eigenvalue weighted by Gasteiger charge is 2.37. The summed E-state index contributed by atoms with van der Waals surface area (Å²) in [4.78, 5) is 0. The fourth-order valence-corrected chi connectivity index (χ4v) is 4.75. The van der Waals surface area contributed by atoms with Gasteiger partial charge in [0.05, 0.1) is 5.56 Å². The number of rotatable bonds is 6. The minimum absolute atomic E-state index is 0.260. The Kier molecular flexibility index (Phi) is 5.69. The van der Waals surface area contributed by atoms with Gasteiger partial charge >= 0.3 is 0 Å². The molecule has 1 aromatic carbocycles. The molecule has 0 saturated heterocycles. The van der Waals surface area contributed by atoms with E-state index in [-0.39, 0.29) is 5.60 Å². The van der Waals surface area contributed by atoms with Crippen molar-refractivity contribution in [3.8, 4) is 11.5 Å². The zero-order chi connectivity index (χ0) is 18.9. The second-order valence-corrected chi connectivity index (χ2v) is 8.95. The summed E-state index contributed by atoms with van der Waals surface area (Å²) in [6.07, 6.45) is 9.69. The van der Waals surface area contributed by atoms with Crippen LogP contribution in [0, 0.1) is 5.92 Å². The van der Waals surface area contributed by atoms with Gasteiger partial charge in [-0.1, -0.05) is 46.5 Å². The summed E-state index contributed by atoms with van der Waals surface area (Å²) in [6, 6.07) is 4.21. The number of unbranched alkanes of at least 4 members (excludes halogenated alkanes) is 2. The van der Waals surface area contributed by atoms with Gasteiger partial charge in [-0.2, -0.15) is 0 Å². The van der Waals surface area contributed by atoms with Crippen LogP contribution in [-0.2, 0) is 0 Å². The van der Waals surface area contributed by atoms with Crippen LogP contribution in [0.4, 0.5) is 0 Å². The van der Waals surface area contributed by atoms with Crippen molar-refractivity contribution in [1.29, 1.82) is 0 Å². The van der Waals surface area contributed by atoms with Crippen molar-refractivity contribution in [2.75, 3.05) is 0 Å². The van der Waals surface area contributed by atoms with Crippen molar-refractivity contribution in [1.82, 2.24) is 0 Å². The number of fused-ring (bicyclic) bond motifs is 2. The average Bonchev–Trinajstić information content (AvgIpc) is 2.60. The number of phenols is 1. The van der Waals surface area contributed by atoms with Crippen molar-refractivity contribution in [3.63, 3.8) is 0 Å². The first-order chi connectivity index (χ1) is 12.3. The van der Waals surface area contributed by atoms with Crippen molar-refractivity contribution < 1.29 is 9.84 Å². The van der Waals surface area contributed by atoms with Crippen molar-refractivity contribution in [3.05, 3.63) is 28.8 Å². The minimum Gasteiger partial charge on any atom is -0.507 e. The molecule has 0 aromatic heterocycles. The zero-order valence-electron chi connectivity index (χ0n) is 17.3. The third-order valence-electron chi connectivity index (χ3n) is 6.61. The molecule has 0 saturated carbocycles. The third kappa shape index (κ3) is 3.66. The van der Waals surface area contributed by atoms with E-state index in [2.05, 4.69) is 40.7 Å². The van der Waals surface area contributed by atoms with Gasteiger partial charge in [0.25, 0.3) is 0 Å². The minimum atomic E-state index is -0.260. The van der Waals surface area contributed by atoms with Gasteiger partial charge in [0.2, 0.25) is 0 Å². The van der Waals surface area contributed by atoms with Gasteiger partial charge in [0.1, 0.15) is 17.1 Å². The largest absolute Gasteiger partial charge is 0.507 e. The molecule has 2 nitrogen and oxygen atoms in total. The molecule has 3 rings (SSSR count). The first-order valence-electron chi connectivity index (χ1n) is 10.6. The first-order valence-corrected chi connectivity index (χ1v) is 10.6. The van der Waals surface area contributed by atoms with Crippen molar-refractivity contribution in [2.24, 2.45) is 5.92 Å². The standard InChI is InChI=1S/C24H36O2/c1-6-7-8-11-16(2)17(3)18-14-21(25)23-19-12-9-10-13-20(19)24(4,5)26-22(23)15-18/h14-17,25H,6-13H2,1-5H3. The summed E-state index contributed by atoms with van der Waals surface area (Å²) < 4.78 is 6.42. The molecular weight excluding hydrogens is 320 g/mol. The molecule has 2 heteroatoms. The second-order valence-electron chi connectivity index (χ2n) is 8.95. The van der Waals surface area contributed by atoms with Crippen LogP contribution >= 0.6 is 0 Å². The summed E-state index contributed by atoms with van der Waals surface area (Å²) in [7, 11) is 0. The topological polar surface area (TPSA) is 29.5 Å². The molecule has 2 atom stereocenters. The number of hydrogen-bond acceptors (Lipinski definition) is 2. The molecule has 2 unspecified atom stereocenters. The lowest BCUT2D eigenvalue weighted by atomic mass is 9.76. The molecule has 1 N–H and O–H groups in total. The van der Waals surface area contributed by atoms with E-state index in [0.29, 0.717) is 17.6 Å². The highest BCUT2D eigenvalue weighted by atomic mass is 16.5. The zero-order valence-corrected chi connectivity index (χ0v) is 17.3. The molecule has 0 fully saturated rings. The Morgan fingerprint density at radius 3 is 2.58 bits per heavy atom. The van der Waals surface area contributed by atoms with Crippen LogP contribution in [0.1, 0.15) is 103 Å². The van der Waals surface area contributed by atoms with Crippen LogP contribution in [0.3, 0.4) is 0 Å². The van der Waals surface area contributed by atoms with Crippen molar-refractivity contribution >= 4 is 5.57 Å². The smallest absolute Gasteiger partial charge is 0.132 e. The Morgan fingerprint density at radius 1 is 1.12 bits per heavy atom. The molecular formula is C24H36O2. The van der Waals surface area contributed by atoms with E-state index in [4.69, 9.17) is 4.74 Å². The highest BCUT2D eigenvalue weighted by Crippen LogP contribution is 2.51. The lowest BCUT2D eigenvalue weighted by molar-refractivity contribution is 0.136. The molecule has 144 valence electrons. The summed E-state index contributed by atoms with van der Waals surface area (Å²) in [6.45, 7) is 11.2. The van der Waals surface area contributed by atoms with Crippen LogP contribution < -0.4 is 4.74 Å². The lowest BCUT2D eigenvalue weighted by Crippen LogP contribution is -2.35. The van der Waals surface area contributed by atoms with E-state index in [1.54, 1.807) is 0 Å². The molecule has 26 heavy (non-hydrogen) atoms. The van der Waals surface area contributed by atoms with E-state index < -0.39 is 0 Å². The van der Waals surface area contributed by atoms with E-state index in [1.807, 2.05) is 6.07 Å². The van der Waals surface area contributed by atoms with Crippen LogP contribution in [0.25, 0.3) is 5.57 Å². The van der Waals surface area contributed by atoms with Crippen LogP contribution in [0.5, 0.6) is 11.5 Å². The Morgan fingerprint density at radius 2 is 1.85 bits per heavy atom. The molecule has 1 heterocycles. The summed E-state index contributed by atoms with van der Waals surface area (Å²) in [5, 5.41) is 10.9. The Bertz CT molecular complexity index is 684. The van der Waals surface area contributed by atoms with Gasteiger partial charge in [-0.15, -0.1) is 0 Å². The van der Waals surface area contributed by atoms with Gasteiger partial charge in [0.15, 0.2) is 0 Å². The number of aromatic hydroxyl groups is 1. The number of benzene rings is 1. The third-order valence-corrected chi connectivity index (χ3v) is 6.61. The molecule has 0 radical (unpaired) electrons. The maximum atomic E-state index is 10.9. The van der Waals surface area contributed by atoms with Crippen LogP contribution in [0.2, 0.25) is 0 Å². The normalized spacial score (nSPS) is 20.8. The maximum Gasteiger partial charge on any atom is 0.132 e. The van der Waals surface area contributed by atoms with Gasteiger partial charge in [-0.25, -0.2) is 0 Å². The van der Waals surface area contributed by atoms with Gasteiger partial charge < -0.3 is 9.84 Å². The average molecular weight is 357 g/mol. The fraction of sp³-hybridized carbons (Fsp3) is 0.667. The fourth-order valence-electron chi connectivity index (χ4n) is 4.75. The van der Waals surface area contributed by atoms with Gasteiger partial charge in [-0.3, -0.25) is 0 Å². The predicted molar refractivity (Wildman–Crippen MR) is 110 cm³/mol. The lowest BCUT2D eigenvalue weighted by Gasteiger charge is -2.40. The molecule has 1 aliphatic heterocycles. The number of hydrogen-bond donors (Lipinski definition) is 1. The molecule has 1 aliphatic carbocycles. The van der Waals surface area contributed by atoms with E-state index >= 15 is 0 Å². The maximum absolute atomic E-state index is 10.9. The molecule has 0 amide bonds. The number of ether oxygens (including phenoxy) is 1. The van der Waals surface area contributed by atoms with E-state index in [9.17, 15) is 5.11 Å². The monoisotopic (exact) mass is 356 g/mol. The van der Waals surface area contributed by atoms with Crippen molar-refractivity contribution in [2.45, 2.75) is 97.5 Å². The van der Waals surface area contributed by atoms with Crippen LogP contribution in [-0.4, -0.2) is 10.7 Å². The number of allylic oxidation sites excluding steroid dienone is 1. The molecule has 1 aromatic rings. The first kappa shape index (κ1) is 19.3. The number of phenolic OH excluding ortho intramolecular Hbond substituents is 1. The molecule has 2 aliphatic rings. The van der Waals surface area contributed by atoms with E-state index in [0.717, 1.165) is 24.2 Å². The van der Waals surface area contributed by atoms with Crippen LogP contribution in [0.15, 0.2) is 17.7 Å². The predicted octanol–water partition coefficient (Wildman–Crippen LogP) is 7.21. The SMILES string of the molecule is CCCCCC(C)C(C)c1cc(O)c2c(c1)OC(C)(C)C1=C2CCCC1. The quantitative estimate of drug-likeness (QED) is 0.546. The Labute approximate surface area is 159 Å². The Balaban J connectivity index is 1.92. The summed E-state index contributed by atoms with van der Waals surface area (Å²) >= 11 is 0. The molecule has 0 bridgehead atoms. The highest BCUT2D eigenvalue weighted by molar-refractivity contribution is 5.81. The van der Waals surface area contributed by atoms with E-state index in [1.165, 1.54) is 55.2 Å². The molecule has 0 spiro atoms. The Hall–Kier alpha value is -1.44. The summed E-state index contributed by atoms with van der Waals surface area (Å²) in [5.74, 6) is 2.34.